The number of ketones is 1. The highest BCUT2D eigenvalue weighted by Crippen LogP contribution is 2.15. The summed E-state index contributed by atoms with van der Waals surface area (Å²) in [6, 6.07) is 5.23. The van der Waals surface area contributed by atoms with Gasteiger partial charge in [-0.2, -0.15) is 0 Å². The third kappa shape index (κ3) is 6.12. The van der Waals surface area contributed by atoms with E-state index in [9.17, 15) is 9.59 Å². The molecule has 5 heteroatoms. The smallest absolute Gasteiger partial charge is 0.407 e. The van der Waals surface area contributed by atoms with Crippen molar-refractivity contribution in [1.29, 1.82) is 0 Å². The Morgan fingerprint density at radius 2 is 2.00 bits per heavy atom. The van der Waals surface area contributed by atoms with Crippen LogP contribution in [-0.4, -0.2) is 24.0 Å². The maximum atomic E-state index is 11.4. The van der Waals surface area contributed by atoms with Crippen molar-refractivity contribution in [3.05, 3.63) is 35.4 Å². The molecular formula is C16H22N2O3. The maximum Gasteiger partial charge on any atom is 0.407 e. The molecule has 0 aliphatic heterocycles. The molecule has 0 bridgehead atoms. The van der Waals surface area contributed by atoms with Crippen molar-refractivity contribution in [3.8, 4) is 0 Å². The summed E-state index contributed by atoms with van der Waals surface area (Å²) in [5.41, 5.74) is 7.02. The standard InChI is InChI=1S/C16H22N2O3/c1-11(19)13-10-12(7-8-14(13)17)6-5-9-18-15(20)21-16(2,3)4/h5-8,10H,9,17H2,1-4H3,(H,18,20). The van der Waals surface area contributed by atoms with Gasteiger partial charge in [-0.25, -0.2) is 4.79 Å². The number of nitrogens with one attached hydrogen (secondary N) is 1. The molecule has 0 aliphatic carbocycles. The number of benzene rings is 1. The van der Waals surface area contributed by atoms with E-state index in [1.807, 2.05) is 12.1 Å². The van der Waals surface area contributed by atoms with Crippen molar-refractivity contribution in [2.45, 2.75) is 33.3 Å². The van der Waals surface area contributed by atoms with Crippen LogP contribution in [0.2, 0.25) is 0 Å². The number of nitrogens with two attached hydrogens (primary N) is 1. The first kappa shape index (κ1) is 16.8. The lowest BCUT2D eigenvalue weighted by Crippen LogP contribution is -2.32. The van der Waals surface area contributed by atoms with E-state index < -0.39 is 11.7 Å². The SMILES string of the molecule is CC(=O)c1cc(C=CCNC(=O)OC(C)(C)C)ccc1N. The van der Waals surface area contributed by atoms with E-state index in [2.05, 4.69) is 5.32 Å². The fraction of sp³-hybridized carbons (Fsp3) is 0.375. The normalized spacial score (nSPS) is 11.4. The number of hydrogen-bond donors (Lipinski definition) is 2. The Labute approximate surface area is 125 Å². The monoisotopic (exact) mass is 290 g/mol. The van der Waals surface area contributed by atoms with Crippen LogP contribution in [0.4, 0.5) is 10.5 Å². The molecule has 1 aromatic carbocycles. The number of ether oxygens (including phenoxy) is 1. The van der Waals surface area contributed by atoms with Gasteiger partial charge in [-0.3, -0.25) is 4.79 Å². The second-order valence-electron chi connectivity index (χ2n) is 5.69. The zero-order valence-corrected chi connectivity index (χ0v) is 12.9. The van der Waals surface area contributed by atoms with E-state index in [1.54, 1.807) is 39.0 Å². The van der Waals surface area contributed by atoms with Crippen LogP contribution in [-0.2, 0) is 4.74 Å². The number of carbonyl (C=O) groups is 2. The van der Waals surface area contributed by atoms with Crippen LogP contribution in [0.1, 0.15) is 43.6 Å². The van der Waals surface area contributed by atoms with Crippen molar-refractivity contribution in [1.82, 2.24) is 5.32 Å². The Kier molecular flexibility index (Phi) is 5.52. The van der Waals surface area contributed by atoms with Crippen molar-refractivity contribution >= 4 is 23.6 Å². The van der Waals surface area contributed by atoms with Gasteiger partial charge in [0.2, 0.25) is 0 Å². The molecule has 1 amide bonds. The van der Waals surface area contributed by atoms with Crippen molar-refractivity contribution in [3.63, 3.8) is 0 Å². The zero-order valence-electron chi connectivity index (χ0n) is 12.9. The molecule has 0 spiro atoms. The van der Waals surface area contributed by atoms with Gasteiger partial charge < -0.3 is 15.8 Å². The van der Waals surface area contributed by atoms with E-state index >= 15 is 0 Å². The Balaban J connectivity index is 2.56. The number of Topliss-reactive ketones (excluding diaryl/α,β-unsaturated/α-hetero) is 1. The van der Waals surface area contributed by atoms with Gasteiger partial charge in [-0.1, -0.05) is 18.2 Å². The average molecular weight is 290 g/mol. The van der Waals surface area contributed by atoms with Gasteiger partial charge in [0.05, 0.1) is 0 Å². The van der Waals surface area contributed by atoms with Gasteiger partial charge in [-0.05, 0) is 45.4 Å². The van der Waals surface area contributed by atoms with Crippen molar-refractivity contribution in [2.75, 3.05) is 12.3 Å². The maximum absolute atomic E-state index is 11.4. The largest absolute Gasteiger partial charge is 0.444 e. The third-order valence-corrected chi connectivity index (χ3v) is 2.53. The summed E-state index contributed by atoms with van der Waals surface area (Å²) in [6.45, 7) is 7.23. The predicted molar refractivity (Wildman–Crippen MR) is 84.1 cm³/mol. The minimum Gasteiger partial charge on any atom is -0.444 e. The Hall–Kier alpha value is -2.30. The summed E-state index contributed by atoms with van der Waals surface area (Å²) in [5.74, 6) is -0.0744. The lowest BCUT2D eigenvalue weighted by Gasteiger charge is -2.19. The molecule has 0 aliphatic rings. The Morgan fingerprint density at radius 1 is 1.33 bits per heavy atom. The number of amides is 1. The Bertz CT molecular complexity index is 557. The molecule has 0 radical (unpaired) electrons. The summed E-state index contributed by atoms with van der Waals surface area (Å²) in [7, 11) is 0. The first-order valence-corrected chi connectivity index (χ1v) is 6.73. The highest BCUT2D eigenvalue weighted by molar-refractivity contribution is 5.99. The molecule has 0 saturated carbocycles. The molecule has 0 unspecified atom stereocenters. The number of carbonyl (C=O) groups excluding carboxylic acids is 2. The molecule has 114 valence electrons. The molecule has 21 heavy (non-hydrogen) atoms. The van der Waals surface area contributed by atoms with Crippen LogP contribution in [0, 0.1) is 0 Å². The number of nitrogen functional groups attached to an aromatic ring is 1. The van der Waals surface area contributed by atoms with E-state index in [0.29, 0.717) is 17.8 Å². The van der Waals surface area contributed by atoms with Crippen LogP contribution in [0.3, 0.4) is 0 Å². The molecule has 3 N–H and O–H groups in total. The lowest BCUT2D eigenvalue weighted by molar-refractivity contribution is 0.0534. The first-order chi connectivity index (χ1) is 9.69. The minimum atomic E-state index is -0.513. The molecule has 0 fully saturated rings. The molecule has 1 rings (SSSR count). The summed E-state index contributed by atoms with van der Waals surface area (Å²) < 4.78 is 5.11. The molecule has 5 nitrogen and oxygen atoms in total. The molecule has 0 saturated heterocycles. The molecule has 0 heterocycles. The van der Waals surface area contributed by atoms with Crippen molar-refractivity contribution in [2.24, 2.45) is 0 Å². The zero-order chi connectivity index (χ0) is 16.0. The fourth-order valence-electron chi connectivity index (χ4n) is 1.63. The summed E-state index contributed by atoms with van der Waals surface area (Å²) in [4.78, 5) is 22.8. The van der Waals surface area contributed by atoms with E-state index in [4.69, 9.17) is 10.5 Å². The van der Waals surface area contributed by atoms with E-state index in [0.717, 1.165) is 5.56 Å². The number of hydrogen-bond acceptors (Lipinski definition) is 4. The van der Waals surface area contributed by atoms with Crippen LogP contribution in [0.15, 0.2) is 24.3 Å². The second-order valence-corrected chi connectivity index (χ2v) is 5.69. The summed E-state index contributed by atoms with van der Waals surface area (Å²) >= 11 is 0. The van der Waals surface area contributed by atoms with Crippen LogP contribution < -0.4 is 11.1 Å². The number of rotatable bonds is 4. The molecular weight excluding hydrogens is 268 g/mol. The second kappa shape index (κ2) is 6.92. The highest BCUT2D eigenvalue weighted by Gasteiger charge is 2.14. The molecule has 1 aromatic rings. The van der Waals surface area contributed by atoms with Crippen LogP contribution >= 0.6 is 0 Å². The van der Waals surface area contributed by atoms with Crippen LogP contribution in [0.25, 0.3) is 6.08 Å². The van der Waals surface area contributed by atoms with Gasteiger partial charge in [0, 0.05) is 17.8 Å². The average Bonchev–Trinajstić information content (AvgIpc) is 2.34. The van der Waals surface area contributed by atoms with Gasteiger partial charge in [0.25, 0.3) is 0 Å². The van der Waals surface area contributed by atoms with Gasteiger partial charge in [-0.15, -0.1) is 0 Å². The number of anilines is 1. The minimum absolute atomic E-state index is 0.0744. The lowest BCUT2D eigenvalue weighted by atomic mass is 10.1. The number of alkyl carbamates (subject to hydrolysis) is 1. The van der Waals surface area contributed by atoms with E-state index in [1.165, 1.54) is 6.92 Å². The quantitative estimate of drug-likeness (QED) is 0.659. The molecule has 0 atom stereocenters. The Morgan fingerprint density at radius 3 is 2.57 bits per heavy atom. The topological polar surface area (TPSA) is 81.4 Å². The highest BCUT2D eigenvalue weighted by atomic mass is 16.6. The first-order valence-electron chi connectivity index (χ1n) is 6.73. The fourth-order valence-corrected chi connectivity index (χ4v) is 1.63. The van der Waals surface area contributed by atoms with Gasteiger partial charge in [0.15, 0.2) is 5.78 Å². The van der Waals surface area contributed by atoms with Gasteiger partial charge >= 0.3 is 6.09 Å². The summed E-state index contributed by atoms with van der Waals surface area (Å²) in [5, 5.41) is 2.62. The third-order valence-electron chi connectivity index (χ3n) is 2.53. The summed E-state index contributed by atoms with van der Waals surface area (Å²) in [6.07, 6.45) is 3.12. The van der Waals surface area contributed by atoms with Gasteiger partial charge in [0.1, 0.15) is 5.60 Å². The van der Waals surface area contributed by atoms with Crippen LogP contribution in [0.5, 0.6) is 0 Å². The van der Waals surface area contributed by atoms with E-state index in [-0.39, 0.29) is 5.78 Å². The molecule has 0 aromatic heterocycles. The predicted octanol–water partition coefficient (Wildman–Crippen LogP) is 3.01. The van der Waals surface area contributed by atoms with Crippen molar-refractivity contribution < 1.29 is 14.3 Å².